The van der Waals surface area contributed by atoms with Crippen molar-refractivity contribution in [1.82, 2.24) is 0 Å². The normalized spacial score (nSPS) is 12.9. The van der Waals surface area contributed by atoms with Gasteiger partial charge in [-0.3, -0.25) is 4.79 Å². The molecule has 65 valence electrons. The largest absolute Gasteiger partial charge is 0.381 e. The SMILES string of the molecule is [CH2]CCCOCC(C)C(N)=O. The van der Waals surface area contributed by atoms with Gasteiger partial charge in [0.1, 0.15) is 0 Å². The monoisotopic (exact) mass is 158 g/mol. The van der Waals surface area contributed by atoms with E-state index in [-0.39, 0.29) is 11.8 Å². The zero-order valence-electron chi connectivity index (χ0n) is 7.01. The molecule has 0 saturated carbocycles. The van der Waals surface area contributed by atoms with Crippen LogP contribution in [0, 0.1) is 12.8 Å². The smallest absolute Gasteiger partial charge is 0.222 e. The highest BCUT2D eigenvalue weighted by molar-refractivity contribution is 5.76. The van der Waals surface area contributed by atoms with E-state index in [0.29, 0.717) is 13.2 Å². The molecule has 1 radical (unpaired) electrons. The number of rotatable bonds is 6. The van der Waals surface area contributed by atoms with Gasteiger partial charge in [-0.05, 0) is 6.42 Å². The summed E-state index contributed by atoms with van der Waals surface area (Å²) in [4.78, 5) is 10.5. The molecule has 3 heteroatoms. The summed E-state index contributed by atoms with van der Waals surface area (Å²) in [5.41, 5.74) is 5.02. The number of amides is 1. The molecule has 0 fully saturated rings. The molecule has 0 aliphatic rings. The predicted octanol–water partition coefficient (Wildman–Crippen LogP) is 0.739. The summed E-state index contributed by atoms with van der Waals surface area (Å²) in [6.07, 6.45) is 1.80. The summed E-state index contributed by atoms with van der Waals surface area (Å²) < 4.78 is 5.16. The molecular weight excluding hydrogens is 142 g/mol. The van der Waals surface area contributed by atoms with Crippen molar-refractivity contribution in [2.45, 2.75) is 19.8 Å². The number of hydrogen-bond donors (Lipinski definition) is 1. The molecule has 0 rings (SSSR count). The Hall–Kier alpha value is -0.570. The van der Waals surface area contributed by atoms with Gasteiger partial charge in [0.15, 0.2) is 0 Å². The Bertz CT molecular complexity index is 115. The molecule has 0 aromatic carbocycles. The van der Waals surface area contributed by atoms with E-state index in [9.17, 15) is 4.79 Å². The zero-order chi connectivity index (χ0) is 8.69. The number of ether oxygens (including phenoxy) is 1. The number of primary amides is 1. The van der Waals surface area contributed by atoms with Gasteiger partial charge in [0.05, 0.1) is 12.5 Å². The van der Waals surface area contributed by atoms with Gasteiger partial charge in [0, 0.05) is 6.61 Å². The van der Waals surface area contributed by atoms with Crippen LogP contribution in [0.5, 0.6) is 0 Å². The molecule has 1 atom stereocenters. The van der Waals surface area contributed by atoms with Crippen molar-refractivity contribution in [3.63, 3.8) is 0 Å². The van der Waals surface area contributed by atoms with E-state index in [0.717, 1.165) is 12.8 Å². The molecule has 2 N–H and O–H groups in total. The molecule has 0 bridgehead atoms. The average molecular weight is 158 g/mol. The quantitative estimate of drug-likeness (QED) is 0.579. The van der Waals surface area contributed by atoms with Crippen LogP contribution in [0.2, 0.25) is 0 Å². The minimum Gasteiger partial charge on any atom is -0.381 e. The van der Waals surface area contributed by atoms with Crippen molar-refractivity contribution >= 4 is 5.91 Å². The Balaban J connectivity index is 3.17. The second-order valence-corrected chi connectivity index (χ2v) is 2.59. The van der Waals surface area contributed by atoms with Gasteiger partial charge < -0.3 is 10.5 Å². The van der Waals surface area contributed by atoms with Crippen LogP contribution in [0.4, 0.5) is 0 Å². The van der Waals surface area contributed by atoms with Gasteiger partial charge in [-0.2, -0.15) is 0 Å². The molecule has 0 spiro atoms. The van der Waals surface area contributed by atoms with Gasteiger partial charge >= 0.3 is 0 Å². The molecule has 11 heavy (non-hydrogen) atoms. The lowest BCUT2D eigenvalue weighted by Crippen LogP contribution is -2.24. The van der Waals surface area contributed by atoms with Gasteiger partial charge in [-0.15, -0.1) is 0 Å². The third-order valence-electron chi connectivity index (χ3n) is 1.39. The van der Waals surface area contributed by atoms with Crippen molar-refractivity contribution < 1.29 is 9.53 Å². The number of carbonyl (C=O) groups is 1. The Morgan fingerprint density at radius 2 is 2.36 bits per heavy atom. The van der Waals surface area contributed by atoms with E-state index in [4.69, 9.17) is 10.5 Å². The molecule has 0 saturated heterocycles. The summed E-state index contributed by atoms with van der Waals surface area (Å²) in [6, 6.07) is 0. The molecule has 0 heterocycles. The highest BCUT2D eigenvalue weighted by Crippen LogP contribution is 1.95. The molecule has 3 nitrogen and oxygen atoms in total. The van der Waals surface area contributed by atoms with Gasteiger partial charge in [-0.25, -0.2) is 0 Å². The minimum atomic E-state index is -0.306. The third-order valence-corrected chi connectivity index (χ3v) is 1.39. The first-order valence-corrected chi connectivity index (χ1v) is 3.84. The Labute approximate surface area is 67.9 Å². The van der Waals surface area contributed by atoms with Crippen LogP contribution in [-0.2, 0) is 9.53 Å². The molecule has 0 aromatic rings. The summed E-state index contributed by atoms with van der Waals surface area (Å²) >= 11 is 0. The molecule has 0 aliphatic heterocycles. The fourth-order valence-corrected chi connectivity index (χ4v) is 0.546. The lowest BCUT2D eigenvalue weighted by molar-refractivity contribution is -0.123. The standard InChI is InChI=1S/C8H16NO2/c1-3-4-5-11-6-7(2)8(9)10/h7H,1,3-6H2,2H3,(H2,9,10). The summed E-state index contributed by atoms with van der Waals surface area (Å²) in [7, 11) is 0. The fraction of sp³-hybridized carbons (Fsp3) is 0.750. The Morgan fingerprint density at radius 3 is 2.82 bits per heavy atom. The molecule has 1 amide bonds. The predicted molar refractivity (Wildman–Crippen MR) is 43.8 cm³/mol. The summed E-state index contributed by atoms with van der Waals surface area (Å²) in [6.45, 7) is 6.52. The first kappa shape index (κ1) is 10.4. The van der Waals surface area contributed by atoms with Crippen molar-refractivity contribution in [3.05, 3.63) is 6.92 Å². The number of carbonyl (C=O) groups excluding carboxylic acids is 1. The van der Waals surface area contributed by atoms with Gasteiger partial charge in [0.2, 0.25) is 5.91 Å². The summed E-state index contributed by atoms with van der Waals surface area (Å²) in [5.74, 6) is -0.487. The maximum absolute atomic E-state index is 10.5. The molecule has 0 aromatic heterocycles. The van der Waals surface area contributed by atoms with Crippen LogP contribution in [-0.4, -0.2) is 19.1 Å². The van der Waals surface area contributed by atoms with E-state index in [1.807, 2.05) is 0 Å². The van der Waals surface area contributed by atoms with E-state index < -0.39 is 0 Å². The van der Waals surface area contributed by atoms with Gasteiger partial charge in [0.25, 0.3) is 0 Å². The van der Waals surface area contributed by atoms with Crippen LogP contribution in [0.1, 0.15) is 19.8 Å². The average Bonchev–Trinajstić information content (AvgIpc) is 1.97. The van der Waals surface area contributed by atoms with Crippen molar-refractivity contribution in [3.8, 4) is 0 Å². The van der Waals surface area contributed by atoms with Gasteiger partial charge in [-0.1, -0.05) is 20.3 Å². The summed E-state index contributed by atoms with van der Waals surface area (Å²) in [5, 5.41) is 0. The fourth-order valence-electron chi connectivity index (χ4n) is 0.546. The minimum absolute atomic E-state index is 0.181. The molecule has 0 aliphatic carbocycles. The second-order valence-electron chi connectivity index (χ2n) is 2.59. The van der Waals surface area contributed by atoms with Crippen LogP contribution in [0.15, 0.2) is 0 Å². The highest BCUT2D eigenvalue weighted by atomic mass is 16.5. The lowest BCUT2D eigenvalue weighted by Gasteiger charge is -2.06. The van der Waals surface area contributed by atoms with Crippen LogP contribution >= 0.6 is 0 Å². The van der Waals surface area contributed by atoms with Crippen molar-refractivity contribution in [2.75, 3.05) is 13.2 Å². The van der Waals surface area contributed by atoms with Crippen LogP contribution < -0.4 is 5.73 Å². The maximum atomic E-state index is 10.5. The van der Waals surface area contributed by atoms with E-state index in [1.165, 1.54) is 0 Å². The third kappa shape index (κ3) is 5.85. The zero-order valence-corrected chi connectivity index (χ0v) is 7.01. The Morgan fingerprint density at radius 1 is 1.73 bits per heavy atom. The van der Waals surface area contributed by atoms with Crippen LogP contribution in [0.3, 0.4) is 0 Å². The first-order chi connectivity index (χ1) is 5.18. The lowest BCUT2D eigenvalue weighted by atomic mass is 10.2. The van der Waals surface area contributed by atoms with Crippen LogP contribution in [0.25, 0.3) is 0 Å². The highest BCUT2D eigenvalue weighted by Gasteiger charge is 2.07. The number of hydrogen-bond acceptors (Lipinski definition) is 2. The van der Waals surface area contributed by atoms with Crippen molar-refractivity contribution in [2.24, 2.45) is 11.7 Å². The van der Waals surface area contributed by atoms with E-state index >= 15 is 0 Å². The maximum Gasteiger partial charge on any atom is 0.222 e. The molecular formula is C8H16NO2. The first-order valence-electron chi connectivity index (χ1n) is 3.84. The van der Waals surface area contributed by atoms with E-state index in [1.54, 1.807) is 6.92 Å². The van der Waals surface area contributed by atoms with E-state index in [2.05, 4.69) is 6.92 Å². The Kier molecular flexibility index (Phi) is 5.84. The second kappa shape index (κ2) is 6.16. The van der Waals surface area contributed by atoms with Crippen molar-refractivity contribution in [1.29, 1.82) is 0 Å². The molecule has 1 unspecified atom stereocenters. The topological polar surface area (TPSA) is 52.3 Å². The number of unbranched alkanes of at least 4 members (excludes halogenated alkanes) is 1. The number of nitrogens with two attached hydrogens (primary N) is 1.